The number of carbonyl (C=O) groups excluding carboxylic acids is 1. The van der Waals surface area contributed by atoms with E-state index in [2.05, 4.69) is 26.2 Å². The number of carbonyl (C=O) groups is 1. The van der Waals surface area contributed by atoms with Gasteiger partial charge in [-0.25, -0.2) is 0 Å². The highest BCUT2D eigenvalue weighted by atomic mass is 79.9. The SMILES string of the molecule is CCC(=O)Nc1cccc(N=Cc2cc(Br)cc(Cl)c2O)c1. The molecule has 0 saturated carbocycles. The number of halogens is 2. The number of rotatable bonds is 4. The number of amides is 1. The van der Waals surface area contributed by atoms with Crippen LogP contribution in [0.25, 0.3) is 0 Å². The number of benzene rings is 2. The van der Waals surface area contributed by atoms with Crippen molar-refractivity contribution in [3.8, 4) is 5.75 Å². The number of aromatic hydroxyl groups is 1. The molecule has 0 spiro atoms. The lowest BCUT2D eigenvalue weighted by Gasteiger charge is -2.05. The lowest BCUT2D eigenvalue weighted by Crippen LogP contribution is -2.08. The largest absolute Gasteiger partial charge is 0.506 e. The molecule has 0 aliphatic rings. The van der Waals surface area contributed by atoms with Crippen molar-refractivity contribution in [2.24, 2.45) is 4.99 Å². The summed E-state index contributed by atoms with van der Waals surface area (Å²) in [4.78, 5) is 15.7. The van der Waals surface area contributed by atoms with Gasteiger partial charge >= 0.3 is 0 Å². The summed E-state index contributed by atoms with van der Waals surface area (Å²) in [5.74, 6) is -0.0818. The number of phenolic OH excluding ortho intramolecular Hbond substituents is 1. The zero-order valence-electron chi connectivity index (χ0n) is 11.8. The van der Waals surface area contributed by atoms with Gasteiger partial charge in [-0.1, -0.05) is 40.5 Å². The minimum absolute atomic E-state index is 0.0240. The molecule has 1 amide bonds. The van der Waals surface area contributed by atoms with Gasteiger partial charge in [0.1, 0.15) is 5.75 Å². The molecule has 0 aromatic heterocycles. The molecule has 0 aliphatic heterocycles. The predicted octanol–water partition coefficient (Wildman–Crippen LogP) is 4.91. The normalized spacial score (nSPS) is 10.9. The average molecular weight is 382 g/mol. The molecule has 0 bridgehead atoms. The Kier molecular flexibility index (Phi) is 5.57. The monoisotopic (exact) mass is 380 g/mol. The van der Waals surface area contributed by atoms with Crippen LogP contribution in [0.3, 0.4) is 0 Å². The molecule has 0 atom stereocenters. The van der Waals surface area contributed by atoms with Gasteiger partial charge in [-0.2, -0.15) is 0 Å². The molecule has 0 radical (unpaired) electrons. The highest BCUT2D eigenvalue weighted by Gasteiger charge is 2.06. The van der Waals surface area contributed by atoms with E-state index in [1.54, 1.807) is 43.3 Å². The number of nitrogens with one attached hydrogen (secondary N) is 1. The molecule has 0 fully saturated rings. The van der Waals surface area contributed by atoms with E-state index in [0.717, 1.165) is 4.47 Å². The Labute approximate surface area is 142 Å². The maximum Gasteiger partial charge on any atom is 0.224 e. The molecular weight excluding hydrogens is 368 g/mol. The van der Waals surface area contributed by atoms with Crippen molar-refractivity contribution in [3.63, 3.8) is 0 Å². The Morgan fingerprint density at radius 3 is 2.91 bits per heavy atom. The molecule has 0 saturated heterocycles. The van der Waals surface area contributed by atoms with Gasteiger partial charge in [-0.15, -0.1) is 0 Å². The number of hydrogen-bond donors (Lipinski definition) is 2. The number of anilines is 1. The van der Waals surface area contributed by atoms with Crippen LogP contribution in [-0.2, 0) is 4.79 Å². The quantitative estimate of drug-likeness (QED) is 0.739. The number of phenols is 1. The molecule has 2 rings (SSSR count). The van der Waals surface area contributed by atoms with Crippen LogP contribution >= 0.6 is 27.5 Å². The Morgan fingerprint density at radius 2 is 2.18 bits per heavy atom. The fourth-order valence-corrected chi connectivity index (χ4v) is 2.58. The zero-order chi connectivity index (χ0) is 16.1. The van der Waals surface area contributed by atoms with Crippen LogP contribution in [-0.4, -0.2) is 17.2 Å². The molecule has 0 unspecified atom stereocenters. The number of nitrogens with zero attached hydrogens (tertiary/aromatic N) is 1. The second kappa shape index (κ2) is 7.42. The van der Waals surface area contributed by atoms with Crippen molar-refractivity contribution < 1.29 is 9.90 Å². The molecule has 6 heteroatoms. The summed E-state index contributed by atoms with van der Waals surface area (Å²) in [7, 11) is 0. The summed E-state index contributed by atoms with van der Waals surface area (Å²) >= 11 is 9.23. The van der Waals surface area contributed by atoms with E-state index in [0.29, 0.717) is 23.4 Å². The summed E-state index contributed by atoms with van der Waals surface area (Å²) in [6, 6.07) is 10.5. The molecule has 114 valence electrons. The van der Waals surface area contributed by atoms with Crippen molar-refractivity contribution >= 4 is 51.0 Å². The summed E-state index contributed by atoms with van der Waals surface area (Å²) in [6.45, 7) is 1.79. The first-order chi connectivity index (χ1) is 10.5. The zero-order valence-corrected chi connectivity index (χ0v) is 14.1. The first-order valence-corrected chi connectivity index (χ1v) is 7.78. The fourth-order valence-electron chi connectivity index (χ4n) is 1.74. The molecular formula is C16H14BrClN2O2. The third-order valence-electron chi connectivity index (χ3n) is 2.86. The van der Waals surface area contributed by atoms with Crippen molar-refractivity contribution in [2.75, 3.05) is 5.32 Å². The van der Waals surface area contributed by atoms with Crippen LogP contribution in [0.2, 0.25) is 5.02 Å². The molecule has 0 heterocycles. The van der Waals surface area contributed by atoms with Gasteiger partial charge in [-0.3, -0.25) is 9.79 Å². The van der Waals surface area contributed by atoms with E-state index in [9.17, 15) is 9.90 Å². The van der Waals surface area contributed by atoms with Gasteiger partial charge in [0.05, 0.1) is 10.7 Å². The standard InChI is InChI=1S/C16H14BrClN2O2/c1-2-15(21)20-13-5-3-4-12(8-13)19-9-10-6-11(17)7-14(18)16(10)22/h3-9,22H,2H2,1H3,(H,20,21). The maximum absolute atomic E-state index is 11.4. The Bertz CT molecular complexity index is 732. The molecule has 2 N–H and O–H groups in total. The minimum atomic E-state index is -0.0578. The molecule has 22 heavy (non-hydrogen) atoms. The summed E-state index contributed by atoms with van der Waals surface area (Å²) < 4.78 is 0.751. The van der Waals surface area contributed by atoms with E-state index in [-0.39, 0.29) is 16.7 Å². The molecule has 2 aromatic carbocycles. The third-order valence-corrected chi connectivity index (χ3v) is 3.61. The fraction of sp³-hybridized carbons (Fsp3) is 0.125. The number of aliphatic imine (C=N–C) groups is 1. The van der Waals surface area contributed by atoms with Crippen LogP contribution in [0.1, 0.15) is 18.9 Å². The maximum atomic E-state index is 11.4. The third kappa shape index (κ3) is 4.32. The minimum Gasteiger partial charge on any atom is -0.506 e. The second-order valence-corrected chi connectivity index (χ2v) is 5.86. The van der Waals surface area contributed by atoms with Crippen LogP contribution in [0, 0.1) is 0 Å². The second-order valence-electron chi connectivity index (χ2n) is 4.54. The summed E-state index contributed by atoms with van der Waals surface area (Å²) in [6.07, 6.45) is 1.94. The Morgan fingerprint density at radius 1 is 1.41 bits per heavy atom. The van der Waals surface area contributed by atoms with Crippen molar-refractivity contribution in [3.05, 3.63) is 51.5 Å². The van der Waals surface area contributed by atoms with Gasteiger partial charge < -0.3 is 10.4 Å². The first-order valence-electron chi connectivity index (χ1n) is 6.61. The van der Waals surface area contributed by atoms with Crippen LogP contribution in [0.5, 0.6) is 5.75 Å². The van der Waals surface area contributed by atoms with E-state index < -0.39 is 0 Å². The summed E-state index contributed by atoms with van der Waals surface area (Å²) in [5, 5.41) is 12.9. The highest BCUT2D eigenvalue weighted by Crippen LogP contribution is 2.30. The van der Waals surface area contributed by atoms with Crippen molar-refractivity contribution in [2.45, 2.75) is 13.3 Å². The lowest BCUT2D eigenvalue weighted by molar-refractivity contribution is -0.115. The Hall–Kier alpha value is -1.85. The van der Waals surface area contributed by atoms with E-state index in [1.165, 1.54) is 6.21 Å². The van der Waals surface area contributed by atoms with Crippen LogP contribution < -0.4 is 5.32 Å². The van der Waals surface area contributed by atoms with E-state index >= 15 is 0 Å². The smallest absolute Gasteiger partial charge is 0.224 e. The molecule has 0 aliphatic carbocycles. The van der Waals surface area contributed by atoms with E-state index in [1.807, 2.05) is 0 Å². The number of hydrogen-bond acceptors (Lipinski definition) is 3. The summed E-state index contributed by atoms with van der Waals surface area (Å²) in [5.41, 5.74) is 1.84. The van der Waals surface area contributed by atoms with Crippen molar-refractivity contribution in [1.82, 2.24) is 0 Å². The molecule has 2 aromatic rings. The van der Waals surface area contributed by atoms with Gasteiger partial charge in [0.15, 0.2) is 0 Å². The van der Waals surface area contributed by atoms with Crippen molar-refractivity contribution in [1.29, 1.82) is 0 Å². The lowest BCUT2D eigenvalue weighted by atomic mass is 10.2. The van der Waals surface area contributed by atoms with Crippen LogP contribution in [0.4, 0.5) is 11.4 Å². The first kappa shape index (κ1) is 16.5. The van der Waals surface area contributed by atoms with Gasteiger partial charge in [0.2, 0.25) is 5.91 Å². The molecule has 4 nitrogen and oxygen atoms in total. The average Bonchev–Trinajstić information content (AvgIpc) is 2.49. The van der Waals surface area contributed by atoms with Gasteiger partial charge in [-0.05, 0) is 30.3 Å². The van der Waals surface area contributed by atoms with Crippen LogP contribution in [0.15, 0.2) is 45.9 Å². The Balaban J connectivity index is 2.24. The predicted molar refractivity (Wildman–Crippen MR) is 93.4 cm³/mol. The topological polar surface area (TPSA) is 61.7 Å². The van der Waals surface area contributed by atoms with Gasteiger partial charge in [0, 0.05) is 28.4 Å². The van der Waals surface area contributed by atoms with Gasteiger partial charge in [0.25, 0.3) is 0 Å². The van der Waals surface area contributed by atoms with E-state index in [4.69, 9.17) is 11.6 Å². The highest BCUT2D eigenvalue weighted by molar-refractivity contribution is 9.10.